The molecule has 0 spiro atoms. The quantitative estimate of drug-likeness (QED) is 0.0806. The van der Waals surface area contributed by atoms with Crippen molar-refractivity contribution < 1.29 is 44.3 Å². The Morgan fingerprint density at radius 3 is 1.95 bits per heavy atom. The third-order valence-corrected chi connectivity index (χ3v) is 7.48. The monoisotopic (exact) mass is 570 g/mol. The summed E-state index contributed by atoms with van der Waals surface area (Å²) in [6, 6.07) is 0. The summed E-state index contributed by atoms with van der Waals surface area (Å²) in [5.74, 6) is -1.69. The SMILES string of the molecule is CCCCCCCC(=O)OC[C@H](O)COC(=O)CCCCC(=O)C[C@@H]1[C@@H](/C=C/[C@@H](O)CCCCC)[C@H](O)C[C@@H]1O. The van der Waals surface area contributed by atoms with Crippen molar-refractivity contribution in [3.05, 3.63) is 12.2 Å². The van der Waals surface area contributed by atoms with Crippen LogP contribution in [0.2, 0.25) is 0 Å². The maximum atomic E-state index is 12.6. The molecule has 1 rings (SSSR count). The van der Waals surface area contributed by atoms with Crippen LogP contribution >= 0.6 is 0 Å². The van der Waals surface area contributed by atoms with Crippen LogP contribution < -0.4 is 0 Å². The normalized spacial score (nSPS) is 22.4. The Bertz CT molecular complexity index is 738. The van der Waals surface area contributed by atoms with E-state index in [2.05, 4.69) is 13.8 Å². The summed E-state index contributed by atoms with van der Waals surface area (Å²) < 4.78 is 10.1. The zero-order chi connectivity index (χ0) is 29.8. The fourth-order valence-corrected chi connectivity index (χ4v) is 5.02. The highest BCUT2D eigenvalue weighted by molar-refractivity contribution is 5.79. The minimum Gasteiger partial charge on any atom is -0.463 e. The molecule has 0 bridgehead atoms. The molecule has 0 aromatic carbocycles. The molecule has 6 atom stereocenters. The molecular weight excluding hydrogens is 516 g/mol. The topological polar surface area (TPSA) is 151 Å². The van der Waals surface area contributed by atoms with Gasteiger partial charge in [0.1, 0.15) is 25.1 Å². The second kappa shape index (κ2) is 21.9. The van der Waals surface area contributed by atoms with E-state index in [1.165, 1.54) is 0 Å². The first-order valence-electron chi connectivity index (χ1n) is 15.4. The Labute approximate surface area is 240 Å². The van der Waals surface area contributed by atoms with Gasteiger partial charge in [-0.15, -0.1) is 0 Å². The largest absolute Gasteiger partial charge is 0.463 e. The molecule has 232 valence electrons. The minimum atomic E-state index is -1.08. The molecule has 4 N–H and O–H groups in total. The molecule has 1 aliphatic carbocycles. The molecule has 0 unspecified atom stereocenters. The van der Waals surface area contributed by atoms with Gasteiger partial charge in [0, 0.05) is 43.9 Å². The number of carbonyl (C=O) groups excluding carboxylic acids is 3. The van der Waals surface area contributed by atoms with Crippen LogP contribution in [0.3, 0.4) is 0 Å². The molecule has 9 nitrogen and oxygen atoms in total. The van der Waals surface area contributed by atoms with Gasteiger partial charge in [0.05, 0.1) is 18.3 Å². The van der Waals surface area contributed by atoms with Crippen LogP contribution in [0.25, 0.3) is 0 Å². The number of unbranched alkanes of at least 4 members (excludes halogenated alkanes) is 7. The molecule has 1 saturated carbocycles. The number of carbonyl (C=O) groups is 3. The molecule has 0 heterocycles. The molecule has 0 radical (unpaired) electrons. The highest BCUT2D eigenvalue weighted by Crippen LogP contribution is 2.36. The predicted molar refractivity (Wildman–Crippen MR) is 152 cm³/mol. The number of aliphatic hydroxyl groups excluding tert-OH is 4. The van der Waals surface area contributed by atoms with Crippen molar-refractivity contribution >= 4 is 17.7 Å². The second-order valence-electron chi connectivity index (χ2n) is 11.2. The summed E-state index contributed by atoms with van der Waals surface area (Å²) in [5.41, 5.74) is 0. The van der Waals surface area contributed by atoms with Crippen LogP contribution in [0.15, 0.2) is 12.2 Å². The summed E-state index contributed by atoms with van der Waals surface area (Å²) in [7, 11) is 0. The van der Waals surface area contributed by atoms with Gasteiger partial charge in [-0.3, -0.25) is 14.4 Å². The number of rotatable bonds is 23. The van der Waals surface area contributed by atoms with E-state index < -0.39 is 36.3 Å². The van der Waals surface area contributed by atoms with Gasteiger partial charge in [0.25, 0.3) is 0 Å². The van der Waals surface area contributed by atoms with Crippen molar-refractivity contribution in [2.24, 2.45) is 11.8 Å². The van der Waals surface area contributed by atoms with E-state index in [0.29, 0.717) is 25.7 Å². The summed E-state index contributed by atoms with van der Waals surface area (Å²) >= 11 is 0. The number of Topliss-reactive ketones (excluding diaryl/α,β-unsaturated/α-hetero) is 1. The van der Waals surface area contributed by atoms with Crippen molar-refractivity contribution in [1.29, 1.82) is 0 Å². The molecule has 0 saturated heterocycles. The van der Waals surface area contributed by atoms with Gasteiger partial charge in [-0.2, -0.15) is 0 Å². The lowest BCUT2D eigenvalue weighted by Crippen LogP contribution is -2.25. The maximum Gasteiger partial charge on any atom is 0.305 e. The number of aliphatic hydroxyl groups is 4. The lowest BCUT2D eigenvalue weighted by Gasteiger charge is -2.20. The summed E-state index contributed by atoms with van der Waals surface area (Å²) in [4.78, 5) is 36.2. The first-order valence-corrected chi connectivity index (χ1v) is 15.4. The Morgan fingerprint density at radius 1 is 0.775 bits per heavy atom. The third kappa shape index (κ3) is 16.5. The van der Waals surface area contributed by atoms with E-state index in [9.17, 15) is 34.8 Å². The number of hydrogen-bond acceptors (Lipinski definition) is 9. The van der Waals surface area contributed by atoms with Gasteiger partial charge in [0.15, 0.2) is 0 Å². The number of ketones is 1. The highest BCUT2D eigenvalue weighted by Gasteiger charge is 2.41. The molecule has 1 fully saturated rings. The van der Waals surface area contributed by atoms with E-state index in [4.69, 9.17) is 9.47 Å². The average Bonchev–Trinajstić information content (AvgIpc) is 3.18. The second-order valence-corrected chi connectivity index (χ2v) is 11.2. The predicted octanol–water partition coefficient (Wildman–Crippen LogP) is 4.17. The van der Waals surface area contributed by atoms with Crippen molar-refractivity contribution in [1.82, 2.24) is 0 Å². The van der Waals surface area contributed by atoms with Gasteiger partial charge >= 0.3 is 11.9 Å². The smallest absolute Gasteiger partial charge is 0.305 e. The fraction of sp³-hybridized carbons (Fsp3) is 0.839. The Kier molecular flexibility index (Phi) is 19.8. The van der Waals surface area contributed by atoms with Crippen LogP contribution in [0, 0.1) is 11.8 Å². The average molecular weight is 571 g/mol. The maximum absolute atomic E-state index is 12.6. The van der Waals surface area contributed by atoms with Crippen molar-refractivity contribution in [3.63, 3.8) is 0 Å². The molecule has 0 aromatic rings. The van der Waals surface area contributed by atoms with E-state index in [0.717, 1.165) is 51.4 Å². The van der Waals surface area contributed by atoms with Crippen LogP contribution in [-0.4, -0.2) is 75.8 Å². The van der Waals surface area contributed by atoms with Gasteiger partial charge in [-0.1, -0.05) is 70.9 Å². The summed E-state index contributed by atoms with van der Waals surface area (Å²) in [5, 5.41) is 40.8. The first kappa shape index (κ1) is 36.2. The number of esters is 2. The molecule has 40 heavy (non-hydrogen) atoms. The highest BCUT2D eigenvalue weighted by atomic mass is 16.6. The number of ether oxygens (including phenoxy) is 2. The van der Waals surface area contributed by atoms with E-state index >= 15 is 0 Å². The van der Waals surface area contributed by atoms with Gasteiger partial charge in [-0.25, -0.2) is 0 Å². The fourth-order valence-electron chi connectivity index (χ4n) is 5.02. The lowest BCUT2D eigenvalue weighted by molar-refractivity contribution is -0.152. The van der Waals surface area contributed by atoms with E-state index in [1.54, 1.807) is 12.2 Å². The molecular formula is C31H54O9. The summed E-state index contributed by atoms with van der Waals surface area (Å²) in [6.45, 7) is 3.74. The third-order valence-electron chi connectivity index (χ3n) is 7.48. The summed E-state index contributed by atoms with van der Waals surface area (Å²) in [6.07, 6.45) is 10.9. The Balaban J connectivity index is 2.23. The van der Waals surface area contributed by atoms with Gasteiger partial charge in [-0.05, 0) is 25.7 Å². The molecule has 0 aliphatic heterocycles. The molecule has 1 aliphatic rings. The first-order chi connectivity index (χ1) is 19.2. The van der Waals surface area contributed by atoms with Crippen LogP contribution in [0.5, 0.6) is 0 Å². The lowest BCUT2D eigenvalue weighted by atomic mass is 9.87. The van der Waals surface area contributed by atoms with Crippen molar-refractivity contribution in [2.75, 3.05) is 13.2 Å². The molecule has 0 amide bonds. The Hall–Kier alpha value is -1.81. The Morgan fingerprint density at radius 2 is 1.32 bits per heavy atom. The number of hydrogen-bond donors (Lipinski definition) is 4. The van der Waals surface area contributed by atoms with E-state index in [-0.39, 0.29) is 56.6 Å². The van der Waals surface area contributed by atoms with Gasteiger partial charge in [0.2, 0.25) is 0 Å². The standard InChI is InChI=1S/C31H54O9/c1-3-5-7-8-10-15-30(37)39-21-25(34)22-40-31(38)16-12-11-14-24(33)19-27-26(28(35)20-29(27)36)18-17-23(32)13-9-6-4-2/h17-18,23,25-29,32,34-36H,3-16,19-22H2,1-2H3/b18-17+/t23-,25-,26+,27+,28+,29-/m0/s1. The molecule has 0 aromatic heterocycles. The van der Waals surface area contributed by atoms with E-state index in [1.807, 2.05) is 0 Å². The van der Waals surface area contributed by atoms with Crippen molar-refractivity contribution in [3.8, 4) is 0 Å². The van der Waals surface area contributed by atoms with Gasteiger partial charge < -0.3 is 29.9 Å². The van der Waals surface area contributed by atoms with Crippen LogP contribution in [0.4, 0.5) is 0 Å². The van der Waals surface area contributed by atoms with Crippen LogP contribution in [0.1, 0.15) is 117 Å². The van der Waals surface area contributed by atoms with Crippen molar-refractivity contribution in [2.45, 2.75) is 141 Å². The minimum absolute atomic E-state index is 0.0454. The zero-order valence-corrected chi connectivity index (χ0v) is 24.7. The zero-order valence-electron chi connectivity index (χ0n) is 24.7. The van der Waals surface area contributed by atoms with Crippen LogP contribution in [-0.2, 0) is 23.9 Å². The molecule has 9 heteroatoms.